The molecule has 0 fully saturated rings. The van der Waals surface area contributed by atoms with Gasteiger partial charge in [0.1, 0.15) is 5.69 Å². The summed E-state index contributed by atoms with van der Waals surface area (Å²) in [6.45, 7) is 1.65. The first-order valence-electron chi connectivity index (χ1n) is 5.82. The molecule has 0 amide bonds. The molecule has 0 aliphatic carbocycles. The number of pyridine rings is 1. The van der Waals surface area contributed by atoms with Gasteiger partial charge in [-0.15, -0.1) is 11.3 Å². The summed E-state index contributed by atoms with van der Waals surface area (Å²) in [5.74, 6) is 0.549. The van der Waals surface area contributed by atoms with E-state index in [0.29, 0.717) is 11.5 Å². The summed E-state index contributed by atoms with van der Waals surface area (Å²) >= 11 is 1.80. The van der Waals surface area contributed by atoms with E-state index in [1.165, 1.54) is 10.4 Å². The zero-order valence-electron chi connectivity index (χ0n) is 9.78. The van der Waals surface area contributed by atoms with E-state index >= 15 is 0 Å². The molecule has 4 nitrogen and oxygen atoms in total. The number of nitrogens with zero attached hydrogens (tertiary/aromatic N) is 3. The van der Waals surface area contributed by atoms with Crippen LogP contribution in [0.25, 0.3) is 0 Å². The summed E-state index contributed by atoms with van der Waals surface area (Å²) in [5.41, 5.74) is 2.03. The zero-order chi connectivity index (χ0) is 12.4. The zero-order valence-corrected chi connectivity index (χ0v) is 10.6. The summed E-state index contributed by atoms with van der Waals surface area (Å²) < 4.78 is 0. The van der Waals surface area contributed by atoms with Gasteiger partial charge in [0.05, 0.1) is 0 Å². The maximum Gasteiger partial charge on any atom is 0.194 e. The fourth-order valence-electron chi connectivity index (χ4n) is 2.20. The molecule has 0 spiro atoms. The number of amidine groups is 1. The summed E-state index contributed by atoms with van der Waals surface area (Å²) in [6.07, 6.45) is 2.71. The second kappa shape index (κ2) is 4.78. The van der Waals surface area contributed by atoms with Crippen LogP contribution in [0.5, 0.6) is 0 Å². The van der Waals surface area contributed by atoms with Gasteiger partial charge in [-0.1, -0.05) is 11.2 Å². The summed E-state index contributed by atoms with van der Waals surface area (Å²) in [4.78, 5) is 7.74. The smallest absolute Gasteiger partial charge is 0.194 e. The van der Waals surface area contributed by atoms with Crippen molar-refractivity contribution in [2.45, 2.75) is 13.0 Å². The van der Waals surface area contributed by atoms with E-state index in [1.807, 2.05) is 18.2 Å². The van der Waals surface area contributed by atoms with Crippen LogP contribution >= 0.6 is 11.3 Å². The van der Waals surface area contributed by atoms with Crippen LogP contribution < -0.4 is 0 Å². The Morgan fingerprint density at radius 3 is 3.11 bits per heavy atom. The minimum absolute atomic E-state index is 0.549. The van der Waals surface area contributed by atoms with E-state index in [2.05, 4.69) is 26.5 Å². The summed E-state index contributed by atoms with van der Waals surface area (Å²) in [5, 5.41) is 14.8. The van der Waals surface area contributed by atoms with Crippen LogP contribution in [0.2, 0.25) is 0 Å². The number of hydrogen-bond donors (Lipinski definition) is 1. The lowest BCUT2D eigenvalue weighted by Crippen LogP contribution is -2.36. The Kier molecular flexibility index (Phi) is 2.98. The molecule has 3 heterocycles. The van der Waals surface area contributed by atoms with Gasteiger partial charge in [-0.05, 0) is 35.6 Å². The molecule has 1 aliphatic rings. The molecule has 0 aromatic carbocycles. The van der Waals surface area contributed by atoms with Crippen LogP contribution in [-0.2, 0) is 13.0 Å². The average Bonchev–Trinajstić information content (AvgIpc) is 2.88. The van der Waals surface area contributed by atoms with Crippen molar-refractivity contribution >= 4 is 17.2 Å². The van der Waals surface area contributed by atoms with E-state index in [9.17, 15) is 5.21 Å². The predicted octanol–water partition coefficient (Wildman–Crippen LogP) is 2.34. The number of aromatic nitrogens is 1. The Labute approximate surface area is 109 Å². The molecule has 2 aromatic heterocycles. The highest BCUT2D eigenvalue weighted by Crippen LogP contribution is 2.24. The Morgan fingerprint density at radius 2 is 2.33 bits per heavy atom. The Hall–Kier alpha value is -1.88. The van der Waals surface area contributed by atoms with Crippen molar-refractivity contribution in [2.24, 2.45) is 5.16 Å². The van der Waals surface area contributed by atoms with Gasteiger partial charge in [-0.2, -0.15) is 0 Å². The number of hydrogen-bond acceptors (Lipinski definition) is 4. The van der Waals surface area contributed by atoms with Gasteiger partial charge in [-0.3, -0.25) is 4.98 Å². The average molecular weight is 259 g/mol. The van der Waals surface area contributed by atoms with E-state index in [4.69, 9.17) is 0 Å². The minimum Gasteiger partial charge on any atom is -0.409 e. The highest BCUT2D eigenvalue weighted by Gasteiger charge is 2.22. The van der Waals surface area contributed by atoms with Gasteiger partial charge in [0.2, 0.25) is 0 Å². The lowest BCUT2D eigenvalue weighted by atomic mass is 10.1. The molecule has 18 heavy (non-hydrogen) atoms. The highest BCUT2D eigenvalue weighted by molar-refractivity contribution is 7.10. The molecule has 3 rings (SSSR count). The number of fused-ring (bicyclic) bond motifs is 1. The van der Waals surface area contributed by atoms with Crippen LogP contribution in [-0.4, -0.2) is 27.5 Å². The van der Waals surface area contributed by atoms with E-state index in [0.717, 1.165) is 19.5 Å². The van der Waals surface area contributed by atoms with Crippen molar-refractivity contribution in [3.05, 3.63) is 52.0 Å². The maximum absolute atomic E-state index is 9.24. The largest absolute Gasteiger partial charge is 0.409 e. The molecule has 1 N–H and O–H groups in total. The van der Waals surface area contributed by atoms with Gasteiger partial charge in [-0.25, -0.2) is 0 Å². The van der Waals surface area contributed by atoms with Gasteiger partial charge in [0.25, 0.3) is 0 Å². The Bertz CT molecular complexity index is 565. The van der Waals surface area contributed by atoms with Gasteiger partial charge in [0.15, 0.2) is 5.84 Å². The molecule has 0 radical (unpaired) electrons. The monoisotopic (exact) mass is 259 g/mol. The highest BCUT2D eigenvalue weighted by atomic mass is 32.1. The molecular formula is C13H13N3OS. The maximum atomic E-state index is 9.24. The van der Waals surface area contributed by atoms with Gasteiger partial charge < -0.3 is 10.1 Å². The van der Waals surface area contributed by atoms with Crippen molar-refractivity contribution in [1.29, 1.82) is 0 Å². The fraction of sp³-hybridized carbons (Fsp3) is 0.231. The Balaban J connectivity index is 1.87. The third kappa shape index (κ3) is 1.97. The molecule has 0 saturated carbocycles. The quantitative estimate of drug-likeness (QED) is 0.370. The van der Waals surface area contributed by atoms with Crippen LogP contribution in [0.4, 0.5) is 0 Å². The van der Waals surface area contributed by atoms with Gasteiger partial charge >= 0.3 is 0 Å². The molecule has 0 bridgehead atoms. The molecule has 5 heteroatoms. The van der Waals surface area contributed by atoms with E-state index in [1.54, 1.807) is 17.5 Å². The molecule has 0 unspecified atom stereocenters. The lowest BCUT2D eigenvalue weighted by molar-refractivity contribution is 0.296. The molecule has 0 atom stereocenters. The second-order valence-electron chi connectivity index (χ2n) is 4.18. The van der Waals surface area contributed by atoms with Crippen molar-refractivity contribution in [1.82, 2.24) is 9.88 Å². The third-order valence-corrected chi connectivity index (χ3v) is 4.12. The van der Waals surface area contributed by atoms with E-state index < -0.39 is 0 Å². The number of rotatable bonds is 1. The molecule has 2 aromatic rings. The van der Waals surface area contributed by atoms with E-state index in [-0.39, 0.29) is 0 Å². The molecular weight excluding hydrogens is 246 g/mol. The van der Waals surface area contributed by atoms with Crippen LogP contribution in [0.1, 0.15) is 16.1 Å². The predicted molar refractivity (Wildman–Crippen MR) is 71.0 cm³/mol. The van der Waals surface area contributed by atoms with Crippen molar-refractivity contribution in [2.75, 3.05) is 6.54 Å². The topological polar surface area (TPSA) is 48.7 Å². The molecule has 1 aliphatic heterocycles. The minimum atomic E-state index is 0.549. The first-order valence-corrected chi connectivity index (χ1v) is 6.70. The standard InChI is InChI=1S/C13H13N3OS/c17-15-13(11-3-1-2-6-14-11)16-7-4-12-10(9-16)5-8-18-12/h1-3,5-6,8,17H,4,7,9H2. The second-order valence-corrected chi connectivity index (χ2v) is 5.18. The Morgan fingerprint density at radius 1 is 1.39 bits per heavy atom. The van der Waals surface area contributed by atoms with Crippen LogP contribution in [0.3, 0.4) is 0 Å². The number of thiophene rings is 1. The van der Waals surface area contributed by atoms with Crippen LogP contribution in [0, 0.1) is 0 Å². The van der Waals surface area contributed by atoms with Gasteiger partial charge in [0, 0.05) is 24.2 Å². The summed E-state index contributed by atoms with van der Waals surface area (Å²) in [6, 6.07) is 7.75. The third-order valence-electron chi connectivity index (χ3n) is 3.10. The molecule has 0 saturated heterocycles. The number of oxime groups is 1. The van der Waals surface area contributed by atoms with Crippen molar-refractivity contribution < 1.29 is 5.21 Å². The first kappa shape index (κ1) is 11.2. The SMILES string of the molecule is ON=C(c1ccccn1)N1CCc2sccc2C1. The fourth-order valence-corrected chi connectivity index (χ4v) is 3.09. The lowest BCUT2D eigenvalue weighted by Gasteiger charge is -2.28. The van der Waals surface area contributed by atoms with Crippen molar-refractivity contribution in [3.8, 4) is 0 Å². The first-order chi connectivity index (χ1) is 8.88. The van der Waals surface area contributed by atoms with Crippen LogP contribution in [0.15, 0.2) is 41.0 Å². The summed E-state index contributed by atoms with van der Waals surface area (Å²) in [7, 11) is 0. The molecule has 92 valence electrons. The normalized spacial score (nSPS) is 15.6. The van der Waals surface area contributed by atoms with Crippen molar-refractivity contribution in [3.63, 3.8) is 0 Å².